The number of aromatic nitrogens is 1. The molecule has 4 aromatic rings. The molecule has 183 valence electrons. The van der Waals surface area contributed by atoms with E-state index in [0.29, 0.717) is 0 Å². The molecule has 1 radical (unpaired) electrons. The van der Waals surface area contributed by atoms with E-state index >= 15 is 0 Å². The Balaban J connectivity index is 0.000000338. The van der Waals surface area contributed by atoms with Crippen LogP contribution in [0.1, 0.15) is 13.8 Å². The van der Waals surface area contributed by atoms with E-state index in [1.54, 1.807) is 0 Å². The first-order chi connectivity index (χ1) is 16.8. The van der Waals surface area contributed by atoms with Crippen LogP contribution in [0.2, 0.25) is 13.1 Å². The SMILES string of the molecule is CC(=O)/C=C(/C)O.C[Si]1(C)c2cccc3c2-c2c1ccnc2-c1[c-]cccc1N3c1ccccc1.[Ir]. The molecule has 3 aromatic carbocycles. The topological polar surface area (TPSA) is 53.4 Å². The Kier molecular flexibility index (Phi) is 7.14. The largest absolute Gasteiger partial charge is 0.512 e. The van der Waals surface area contributed by atoms with Crippen molar-refractivity contribution < 1.29 is 30.0 Å². The number of benzene rings is 3. The van der Waals surface area contributed by atoms with Crippen LogP contribution in [0.4, 0.5) is 17.1 Å². The second kappa shape index (κ2) is 9.98. The smallest absolute Gasteiger partial charge is 0.155 e. The molecule has 0 unspecified atom stereocenters. The zero-order valence-corrected chi connectivity index (χ0v) is 24.1. The first-order valence-electron chi connectivity index (χ1n) is 11.7. The predicted octanol–water partition coefficient (Wildman–Crippen LogP) is 6.17. The van der Waals surface area contributed by atoms with Gasteiger partial charge in [0, 0.05) is 43.8 Å². The van der Waals surface area contributed by atoms with Crippen molar-refractivity contribution in [3.05, 3.63) is 96.9 Å². The zero-order chi connectivity index (χ0) is 24.7. The molecule has 0 bridgehead atoms. The quantitative estimate of drug-likeness (QED) is 0.106. The van der Waals surface area contributed by atoms with Crippen LogP contribution >= 0.6 is 0 Å². The number of hydrogen-bond donors (Lipinski definition) is 1. The summed E-state index contributed by atoms with van der Waals surface area (Å²) in [5.74, 6) is -0.0625. The Morgan fingerprint density at radius 3 is 2.28 bits per heavy atom. The van der Waals surface area contributed by atoms with Gasteiger partial charge in [0.2, 0.25) is 0 Å². The summed E-state index contributed by atoms with van der Waals surface area (Å²) in [6.45, 7) is 7.76. The molecule has 6 heteroatoms. The maximum absolute atomic E-state index is 10.0. The van der Waals surface area contributed by atoms with Crippen LogP contribution in [0.3, 0.4) is 0 Å². The minimum absolute atomic E-state index is 0. The molecular formula is C30H27IrN2O2Si-. The number of fused-ring (bicyclic) bond motifs is 2. The summed E-state index contributed by atoms with van der Waals surface area (Å²) in [4.78, 5) is 17.3. The van der Waals surface area contributed by atoms with Crippen molar-refractivity contribution in [1.29, 1.82) is 0 Å². The van der Waals surface area contributed by atoms with E-state index in [4.69, 9.17) is 10.1 Å². The first-order valence-corrected chi connectivity index (χ1v) is 14.7. The number of carbonyl (C=O) groups is 1. The standard InChI is InChI=1S/C25H19N2Si.C5H8O2.Ir/c1-28(2)21-14-8-13-20-23(21)24-22(28)15-16-26-25(24)18-11-6-7-12-19(18)27(20)17-9-4-3-5-10-17;1-4(6)3-5(2)7;/h3-10,12-16H,1-2H3;3,6H,1-2H3;/q-1;;/b;4-3-;. The van der Waals surface area contributed by atoms with Crippen molar-refractivity contribution in [3.8, 4) is 22.4 Å². The van der Waals surface area contributed by atoms with Crippen molar-refractivity contribution in [3.63, 3.8) is 0 Å². The van der Waals surface area contributed by atoms with Crippen molar-refractivity contribution in [2.24, 2.45) is 0 Å². The van der Waals surface area contributed by atoms with Gasteiger partial charge in [0.15, 0.2) is 5.78 Å². The maximum Gasteiger partial charge on any atom is 0.155 e. The molecule has 0 aliphatic carbocycles. The Bertz CT molecular complexity index is 1480. The average molecular weight is 668 g/mol. The Hall–Kier alpha value is -3.31. The minimum atomic E-state index is -1.76. The third-order valence-electron chi connectivity index (χ3n) is 6.57. The van der Waals surface area contributed by atoms with Crippen molar-refractivity contribution >= 4 is 41.3 Å². The van der Waals surface area contributed by atoms with E-state index in [2.05, 4.69) is 90.8 Å². The fraction of sp³-hybridized carbons (Fsp3) is 0.133. The monoisotopic (exact) mass is 668 g/mol. The predicted molar refractivity (Wildman–Crippen MR) is 146 cm³/mol. The molecule has 4 nitrogen and oxygen atoms in total. The maximum atomic E-state index is 10.0. The number of carbonyl (C=O) groups excluding carboxylic acids is 1. The molecule has 0 amide bonds. The molecule has 0 saturated heterocycles. The van der Waals surface area contributed by atoms with Crippen molar-refractivity contribution in [2.75, 3.05) is 4.90 Å². The van der Waals surface area contributed by atoms with Crippen LogP contribution in [0.25, 0.3) is 22.4 Å². The van der Waals surface area contributed by atoms with Gasteiger partial charge in [0.05, 0.1) is 5.76 Å². The van der Waals surface area contributed by atoms with Crippen LogP contribution in [-0.2, 0) is 24.9 Å². The Morgan fingerprint density at radius 1 is 0.917 bits per heavy atom. The van der Waals surface area contributed by atoms with E-state index < -0.39 is 8.07 Å². The fourth-order valence-corrected chi connectivity index (χ4v) is 8.20. The van der Waals surface area contributed by atoms with Crippen LogP contribution in [-0.4, -0.2) is 23.9 Å². The number of pyridine rings is 1. The van der Waals surface area contributed by atoms with Gasteiger partial charge in [-0.05, 0) is 65.8 Å². The number of nitrogens with zero attached hydrogens (tertiary/aromatic N) is 2. The van der Waals surface area contributed by atoms with E-state index in [-0.39, 0.29) is 31.6 Å². The van der Waals surface area contributed by atoms with E-state index in [9.17, 15) is 4.79 Å². The van der Waals surface area contributed by atoms with Gasteiger partial charge >= 0.3 is 0 Å². The molecule has 36 heavy (non-hydrogen) atoms. The van der Waals surface area contributed by atoms with Crippen LogP contribution < -0.4 is 15.3 Å². The number of aliphatic hydroxyl groups is 1. The van der Waals surface area contributed by atoms with Gasteiger partial charge in [-0.1, -0.05) is 48.6 Å². The fourth-order valence-electron chi connectivity index (χ4n) is 5.16. The van der Waals surface area contributed by atoms with E-state index in [1.807, 2.05) is 12.3 Å². The number of ketones is 1. The van der Waals surface area contributed by atoms with E-state index in [0.717, 1.165) is 22.6 Å². The summed E-state index contributed by atoms with van der Waals surface area (Å²) in [6.07, 6.45) is 3.15. The van der Waals surface area contributed by atoms with Crippen molar-refractivity contribution in [1.82, 2.24) is 4.98 Å². The number of aliphatic hydroxyl groups excluding tert-OH is 1. The molecule has 1 N–H and O–H groups in total. The molecular weight excluding hydrogens is 641 g/mol. The Morgan fingerprint density at radius 2 is 1.61 bits per heavy atom. The minimum Gasteiger partial charge on any atom is -0.512 e. The second-order valence-electron chi connectivity index (χ2n) is 9.40. The summed E-state index contributed by atoms with van der Waals surface area (Å²) in [5, 5.41) is 11.4. The molecule has 2 aliphatic rings. The normalized spacial score (nSPS) is 13.9. The van der Waals surface area contributed by atoms with Gasteiger partial charge in [0.1, 0.15) is 8.07 Å². The zero-order valence-electron chi connectivity index (χ0n) is 20.7. The van der Waals surface area contributed by atoms with E-state index in [1.165, 1.54) is 47.1 Å². The summed E-state index contributed by atoms with van der Waals surface area (Å²) < 4.78 is 0. The van der Waals surface area contributed by atoms with Crippen molar-refractivity contribution in [2.45, 2.75) is 26.9 Å². The third-order valence-corrected chi connectivity index (χ3v) is 10.1. The van der Waals surface area contributed by atoms with Gasteiger partial charge in [-0.3, -0.25) is 4.79 Å². The summed E-state index contributed by atoms with van der Waals surface area (Å²) in [7, 11) is -1.76. The number of para-hydroxylation sites is 1. The molecule has 6 rings (SSSR count). The van der Waals surface area contributed by atoms with Gasteiger partial charge in [-0.2, -0.15) is 0 Å². The average Bonchev–Trinajstić information content (AvgIpc) is 2.99. The molecule has 0 atom stereocenters. The van der Waals surface area contributed by atoms with Crippen LogP contribution in [0, 0.1) is 6.07 Å². The second-order valence-corrected chi connectivity index (χ2v) is 13.7. The molecule has 1 aromatic heterocycles. The first kappa shape index (κ1) is 25.8. The van der Waals surface area contributed by atoms with Gasteiger partial charge in [-0.25, -0.2) is 0 Å². The number of allylic oxidation sites excluding steroid dienone is 2. The van der Waals surface area contributed by atoms with Crippen LogP contribution in [0.5, 0.6) is 0 Å². The van der Waals surface area contributed by atoms with Crippen LogP contribution in [0.15, 0.2) is 90.8 Å². The summed E-state index contributed by atoms with van der Waals surface area (Å²) >= 11 is 0. The number of hydrogen-bond acceptors (Lipinski definition) is 4. The molecule has 0 fully saturated rings. The molecule has 0 spiro atoms. The van der Waals surface area contributed by atoms with Gasteiger partial charge in [0.25, 0.3) is 0 Å². The molecule has 3 heterocycles. The van der Waals surface area contributed by atoms with Gasteiger partial charge in [-0.15, -0.1) is 29.8 Å². The third kappa shape index (κ3) is 4.26. The molecule has 0 saturated carbocycles. The van der Waals surface area contributed by atoms with Gasteiger partial charge < -0.3 is 15.0 Å². The number of anilines is 3. The summed E-state index contributed by atoms with van der Waals surface area (Å²) in [5.41, 5.74) is 8.39. The number of rotatable bonds is 2. The Labute approximate surface area is 226 Å². The summed E-state index contributed by atoms with van der Waals surface area (Å²) in [6, 6.07) is 29.4. The molecule has 2 aliphatic heterocycles.